The summed E-state index contributed by atoms with van der Waals surface area (Å²) in [5.74, 6) is 1.96. The molecule has 1 fully saturated rings. The van der Waals surface area contributed by atoms with Gasteiger partial charge in [0.15, 0.2) is 5.82 Å². The quantitative estimate of drug-likeness (QED) is 0.894. The monoisotopic (exact) mass is 306 g/mol. The summed E-state index contributed by atoms with van der Waals surface area (Å²) < 4.78 is 10.5. The van der Waals surface area contributed by atoms with Gasteiger partial charge in [-0.3, -0.25) is 9.80 Å². The minimum atomic E-state index is -0.572. The molecule has 22 heavy (non-hydrogen) atoms. The van der Waals surface area contributed by atoms with E-state index in [1.165, 1.54) is 0 Å². The molecule has 1 N–H and O–H groups in total. The molecule has 0 radical (unpaired) electrons. The number of rotatable bonds is 5. The van der Waals surface area contributed by atoms with E-state index in [2.05, 4.69) is 26.9 Å². The van der Waals surface area contributed by atoms with Gasteiger partial charge < -0.3 is 14.0 Å². The number of hydrogen-bond acceptors (Lipinski definition) is 7. The normalized spacial score (nSPS) is 20.1. The zero-order valence-electron chi connectivity index (χ0n) is 13.0. The van der Waals surface area contributed by atoms with Crippen LogP contribution >= 0.6 is 0 Å². The Morgan fingerprint density at radius 1 is 1.32 bits per heavy atom. The third-order valence-corrected chi connectivity index (χ3v) is 4.16. The Morgan fingerprint density at radius 2 is 2.09 bits per heavy atom. The van der Waals surface area contributed by atoms with E-state index in [1.54, 1.807) is 18.4 Å². The van der Waals surface area contributed by atoms with Gasteiger partial charge in [-0.1, -0.05) is 5.16 Å². The zero-order chi connectivity index (χ0) is 15.5. The molecule has 3 rings (SSSR count). The molecule has 1 aliphatic rings. The van der Waals surface area contributed by atoms with E-state index in [0.29, 0.717) is 24.0 Å². The average molecular weight is 306 g/mol. The Balaban J connectivity index is 1.50. The Hall–Kier alpha value is -1.70. The lowest BCUT2D eigenvalue weighted by Crippen LogP contribution is -2.48. The Morgan fingerprint density at radius 3 is 2.68 bits per heavy atom. The van der Waals surface area contributed by atoms with Crippen LogP contribution in [0.2, 0.25) is 0 Å². The lowest BCUT2D eigenvalue weighted by molar-refractivity contribution is 0.0452. The van der Waals surface area contributed by atoms with E-state index >= 15 is 0 Å². The van der Waals surface area contributed by atoms with E-state index in [4.69, 9.17) is 8.94 Å². The summed E-state index contributed by atoms with van der Waals surface area (Å²) in [4.78, 5) is 8.87. The number of β-amino-alcohol motifs (C(OH)–C–C–N with tert-alkyl or cyclic N) is 1. The molecule has 0 spiro atoms. The highest BCUT2D eigenvalue weighted by Crippen LogP contribution is 2.21. The number of aliphatic hydroxyl groups excluding tert-OH is 1. The molecule has 0 unspecified atom stereocenters. The molecule has 7 heteroatoms. The number of aromatic nitrogens is 2. The first-order chi connectivity index (χ1) is 10.6. The largest absolute Gasteiger partial charge is 0.467 e. The molecule has 2 aromatic heterocycles. The second-order valence-electron chi connectivity index (χ2n) is 5.72. The molecule has 1 aliphatic heterocycles. The highest BCUT2D eigenvalue weighted by atomic mass is 16.5. The Kier molecular flexibility index (Phi) is 4.56. The van der Waals surface area contributed by atoms with Crippen molar-refractivity contribution in [2.75, 3.05) is 32.7 Å². The van der Waals surface area contributed by atoms with Crippen molar-refractivity contribution in [3.63, 3.8) is 0 Å². The highest BCUT2D eigenvalue weighted by molar-refractivity contribution is 5.02. The molecule has 2 atom stereocenters. The number of nitrogens with zero attached hydrogens (tertiary/aromatic N) is 4. The summed E-state index contributed by atoms with van der Waals surface area (Å²) >= 11 is 0. The fraction of sp³-hybridized carbons (Fsp3) is 0.600. The first kappa shape index (κ1) is 15.2. The second-order valence-corrected chi connectivity index (χ2v) is 5.72. The maximum absolute atomic E-state index is 10.1. The van der Waals surface area contributed by atoms with E-state index in [1.807, 2.05) is 6.92 Å². The molecule has 7 nitrogen and oxygen atoms in total. The summed E-state index contributed by atoms with van der Waals surface area (Å²) in [6, 6.07) is 3.73. The average Bonchev–Trinajstić information content (AvgIpc) is 3.18. The second kappa shape index (κ2) is 6.60. The van der Waals surface area contributed by atoms with Crippen molar-refractivity contribution in [1.29, 1.82) is 0 Å². The lowest BCUT2D eigenvalue weighted by atomic mass is 10.2. The predicted molar refractivity (Wildman–Crippen MR) is 79.1 cm³/mol. The summed E-state index contributed by atoms with van der Waals surface area (Å²) in [6.07, 6.45) is 1.02. The summed E-state index contributed by atoms with van der Waals surface area (Å²) in [6.45, 7) is 8.12. The van der Waals surface area contributed by atoms with Crippen LogP contribution < -0.4 is 0 Å². The minimum absolute atomic E-state index is 0.123. The molecule has 0 saturated carbocycles. The van der Waals surface area contributed by atoms with Crippen molar-refractivity contribution in [1.82, 2.24) is 19.9 Å². The van der Waals surface area contributed by atoms with Gasteiger partial charge >= 0.3 is 0 Å². The van der Waals surface area contributed by atoms with Crippen LogP contribution in [-0.2, 0) is 0 Å². The van der Waals surface area contributed by atoms with E-state index < -0.39 is 6.10 Å². The lowest BCUT2D eigenvalue weighted by Gasteiger charge is -2.37. The highest BCUT2D eigenvalue weighted by Gasteiger charge is 2.26. The first-order valence-electron chi connectivity index (χ1n) is 7.61. The SMILES string of the molecule is Cc1noc([C@H](C)N2CCN(C[C@@H](O)c3ccco3)CC2)n1. The molecule has 3 heterocycles. The predicted octanol–water partition coefficient (Wildman–Crippen LogP) is 1.38. The molecule has 0 bridgehead atoms. The van der Waals surface area contributed by atoms with Crippen molar-refractivity contribution in [3.8, 4) is 0 Å². The van der Waals surface area contributed by atoms with E-state index in [0.717, 1.165) is 26.2 Å². The van der Waals surface area contributed by atoms with E-state index in [9.17, 15) is 5.11 Å². The zero-order valence-corrected chi connectivity index (χ0v) is 13.0. The number of piperazine rings is 1. The summed E-state index contributed by atoms with van der Waals surface area (Å²) in [5, 5.41) is 14.0. The molecular weight excluding hydrogens is 284 g/mol. The van der Waals surface area contributed by atoms with Crippen LogP contribution in [0.3, 0.4) is 0 Å². The van der Waals surface area contributed by atoms with Crippen molar-refractivity contribution in [2.45, 2.75) is 26.0 Å². The smallest absolute Gasteiger partial charge is 0.243 e. The van der Waals surface area contributed by atoms with Crippen molar-refractivity contribution in [2.24, 2.45) is 0 Å². The number of aryl methyl sites for hydroxylation is 1. The van der Waals surface area contributed by atoms with Gasteiger partial charge in [-0.25, -0.2) is 0 Å². The van der Waals surface area contributed by atoms with Crippen molar-refractivity contribution >= 4 is 0 Å². The van der Waals surface area contributed by atoms with Gasteiger partial charge in [-0.05, 0) is 26.0 Å². The van der Waals surface area contributed by atoms with Gasteiger partial charge in [-0.2, -0.15) is 4.98 Å². The fourth-order valence-corrected chi connectivity index (χ4v) is 2.79. The molecule has 120 valence electrons. The van der Waals surface area contributed by atoms with Gasteiger partial charge in [0, 0.05) is 32.7 Å². The molecular formula is C15H22N4O3. The van der Waals surface area contributed by atoms with Gasteiger partial charge in [0.05, 0.1) is 12.3 Å². The molecule has 1 saturated heterocycles. The third kappa shape index (κ3) is 3.37. The van der Waals surface area contributed by atoms with Crippen LogP contribution in [-0.4, -0.2) is 57.8 Å². The van der Waals surface area contributed by atoms with Crippen molar-refractivity contribution in [3.05, 3.63) is 35.9 Å². The van der Waals surface area contributed by atoms with Crippen LogP contribution in [0.25, 0.3) is 0 Å². The topological polar surface area (TPSA) is 78.8 Å². The summed E-state index contributed by atoms with van der Waals surface area (Å²) in [5.41, 5.74) is 0. The van der Waals surface area contributed by atoms with E-state index in [-0.39, 0.29) is 6.04 Å². The Bertz CT molecular complexity index is 575. The standard InChI is InChI=1S/C15H22N4O3/c1-11(15-16-12(2)17-22-15)19-7-5-18(6-8-19)10-13(20)14-4-3-9-21-14/h3-4,9,11,13,20H,5-8,10H2,1-2H3/t11-,13+/m0/s1. The molecule has 2 aromatic rings. The molecule has 0 aromatic carbocycles. The van der Waals surface area contributed by atoms with Crippen LogP contribution in [0.15, 0.2) is 27.3 Å². The third-order valence-electron chi connectivity index (χ3n) is 4.16. The molecule has 0 aliphatic carbocycles. The number of furan rings is 1. The van der Waals surface area contributed by atoms with Gasteiger partial charge in [0.2, 0.25) is 5.89 Å². The van der Waals surface area contributed by atoms with Crippen LogP contribution in [0.1, 0.15) is 36.5 Å². The summed E-state index contributed by atoms with van der Waals surface area (Å²) in [7, 11) is 0. The maximum Gasteiger partial charge on any atom is 0.243 e. The number of aliphatic hydroxyl groups is 1. The van der Waals surface area contributed by atoms with Crippen LogP contribution in [0, 0.1) is 6.92 Å². The van der Waals surface area contributed by atoms with Gasteiger partial charge in [-0.15, -0.1) is 0 Å². The Labute approximate surface area is 129 Å². The van der Waals surface area contributed by atoms with Gasteiger partial charge in [0.25, 0.3) is 0 Å². The molecule has 0 amide bonds. The first-order valence-corrected chi connectivity index (χ1v) is 7.61. The van der Waals surface area contributed by atoms with Crippen LogP contribution in [0.5, 0.6) is 0 Å². The maximum atomic E-state index is 10.1. The van der Waals surface area contributed by atoms with Gasteiger partial charge in [0.1, 0.15) is 11.9 Å². The number of hydrogen-bond donors (Lipinski definition) is 1. The van der Waals surface area contributed by atoms with Crippen molar-refractivity contribution < 1.29 is 14.0 Å². The minimum Gasteiger partial charge on any atom is -0.467 e. The van der Waals surface area contributed by atoms with Crippen LogP contribution in [0.4, 0.5) is 0 Å². The fourth-order valence-electron chi connectivity index (χ4n) is 2.79.